The van der Waals surface area contributed by atoms with Gasteiger partial charge in [0.05, 0.1) is 19.8 Å². The summed E-state index contributed by atoms with van der Waals surface area (Å²) in [5.74, 6) is 0.877. The molecule has 0 amide bonds. The fraction of sp³-hybridized carbons (Fsp3) is 0.600. The minimum absolute atomic E-state index is 0.136. The average molecular weight is 281 g/mol. The number of hydrogen-bond acceptors (Lipinski definition) is 5. The molecule has 0 bridgehead atoms. The Labute approximate surface area is 120 Å². The zero-order valence-electron chi connectivity index (χ0n) is 12.1. The zero-order chi connectivity index (χ0) is 14.2. The van der Waals surface area contributed by atoms with E-state index >= 15 is 0 Å². The molecule has 1 aromatic carbocycles. The summed E-state index contributed by atoms with van der Waals surface area (Å²) < 4.78 is 21.8. The van der Waals surface area contributed by atoms with Gasteiger partial charge in [-0.1, -0.05) is 18.2 Å². The number of para-hydroxylation sites is 1. The predicted molar refractivity (Wildman–Crippen MR) is 75.9 cm³/mol. The van der Waals surface area contributed by atoms with Gasteiger partial charge in [-0.25, -0.2) is 0 Å². The maximum atomic E-state index is 5.78. The van der Waals surface area contributed by atoms with Crippen molar-refractivity contribution in [3.8, 4) is 5.75 Å². The Bertz CT molecular complexity index is 393. The summed E-state index contributed by atoms with van der Waals surface area (Å²) in [6.07, 6.45) is 0.626. The monoisotopic (exact) mass is 281 g/mol. The Morgan fingerprint density at radius 3 is 2.70 bits per heavy atom. The molecule has 5 heteroatoms. The van der Waals surface area contributed by atoms with E-state index in [1.807, 2.05) is 25.2 Å². The second kappa shape index (κ2) is 8.21. The lowest BCUT2D eigenvalue weighted by Gasteiger charge is -2.22. The molecule has 2 rings (SSSR count). The van der Waals surface area contributed by atoms with Gasteiger partial charge in [-0.3, -0.25) is 0 Å². The van der Waals surface area contributed by atoms with Crippen LogP contribution in [0.4, 0.5) is 0 Å². The predicted octanol–water partition coefficient (Wildman–Crippen LogP) is 1.74. The molecule has 1 aliphatic rings. The van der Waals surface area contributed by atoms with Gasteiger partial charge in [0.15, 0.2) is 6.29 Å². The van der Waals surface area contributed by atoms with Gasteiger partial charge in [0.25, 0.3) is 0 Å². The summed E-state index contributed by atoms with van der Waals surface area (Å²) in [5.41, 5.74) is 1.12. The Kier molecular flexibility index (Phi) is 6.26. The molecule has 0 radical (unpaired) electrons. The van der Waals surface area contributed by atoms with Crippen molar-refractivity contribution in [3.05, 3.63) is 29.8 Å². The molecular formula is C15H23NO4. The maximum Gasteiger partial charge on any atom is 0.159 e. The van der Waals surface area contributed by atoms with E-state index in [0.717, 1.165) is 17.7 Å². The molecule has 0 saturated carbocycles. The first-order valence-electron chi connectivity index (χ1n) is 6.96. The van der Waals surface area contributed by atoms with Crippen molar-refractivity contribution in [1.82, 2.24) is 5.32 Å². The van der Waals surface area contributed by atoms with Crippen LogP contribution in [0.3, 0.4) is 0 Å². The fourth-order valence-electron chi connectivity index (χ4n) is 2.27. The fourth-order valence-corrected chi connectivity index (χ4v) is 2.27. The van der Waals surface area contributed by atoms with Crippen molar-refractivity contribution in [2.45, 2.75) is 18.8 Å². The van der Waals surface area contributed by atoms with Crippen LogP contribution in [0.1, 0.15) is 18.0 Å². The van der Waals surface area contributed by atoms with Crippen LogP contribution >= 0.6 is 0 Å². The second-order valence-corrected chi connectivity index (χ2v) is 4.63. The number of methoxy groups -OCH3 is 1. The lowest BCUT2D eigenvalue weighted by Crippen LogP contribution is -2.23. The van der Waals surface area contributed by atoms with Gasteiger partial charge in [-0.05, 0) is 13.1 Å². The van der Waals surface area contributed by atoms with E-state index in [2.05, 4.69) is 11.4 Å². The summed E-state index contributed by atoms with van der Waals surface area (Å²) in [6, 6.07) is 8.17. The van der Waals surface area contributed by atoms with Gasteiger partial charge in [0.1, 0.15) is 12.4 Å². The summed E-state index contributed by atoms with van der Waals surface area (Å²) >= 11 is 0. The molecule has 1 unspecified atom stereocenters. The standard InChI is InChI=1S/C15H23NO4/c1-16-13(11-15-19-9-10-20-15)12-5-3-4-6-14(12)18-8-7-17-2/h3-6,13,15-16H,7-11H2,1-2H3. The molecule has 1 heterocycles. The van der Waals surface area contributed by atoms with E-state index < -0.39 is 0 Å². The van der Waals surface area contributed by atoms with E-state index in [-0.39, 0.29) is 12.3 Å². The molecule has 0 aliphatic carbocycles. The molecule has 1 saturated heterocycles. The minimum Gasteiger partial charge on any atom is -0.491 e. The first-order valence-corrected chi connectivity index (χ1v) is 6.96. The van der Waals surface area contributed by atoms with E-state index in [9.17, 15) is 0 Å². The van der Waals surface area contributed by atoms with Crippen LogP contribution in [0, 0.1) is 0 Å². The first kappa shape index (κ1) is 15.3. The first-order chi connectivity index (χ1) is 9.85. The van der Waals surface area contributed by atoms with Crippen molar-refractivity contribution in [2.75, 3.05) is 40.6 Å². The highest BCUT2D eigenvalue weighted by Crippen LogP contribution is 2.29. The number of rotatable bonds is 8. The minimum atomic E-state index is -0.139. The zero-order valence-corrected chi connectivity index (χ0v) is 12.1. The molecule has 112 valence electrons. The average Bonchev–Trinajstić information content (AvgIpc) is 2.99. The maximum absolute atomic E-state index is 5.78. The Morgan fingerprint density at radius 2 is 2.00 bits per heavy atom. The Balaban J connectivity index is 2.03. The molecule has 1 N–H and O–H groups in total. The van der Waals surface area contributed by atoms with Gasteiger partial charge >= 0.3 is 0 Å². The molecule has 0 aromatic heterocycles. The van der Waals surface area contributed by atoms with Crippen LogP contribution in [0.15, 0.2) is 24.3 Å². The van der Waals surface area contributed by atoms with Gasteiger partial charge in [-0.15, -0.1) is 0 Å². The number of benzene rings is 1. The normalized spacial score (nSPS) is 17.3. The van der Waals surface area contributed by atoms with Crippen LogP contribution < -0.4 is 10.1 Å². The van der Waals surface area contributed by atoms with E-state index in [1.165, 1.54) is 0 Å². The molecule has 5 nitrogen and oxygen atoms in total. The van der Waals surface area contributed by atoms with Crippen LogP contribution in [0.2, 0.25) is 0 Å². The third-order valence-corrected chi connectivity index (χ3v) is 3.31. The number of hydrogen-bond donors (Lipinski definition) is 1. The summed E-state index contributed by atoms with van der Waals surface area (Å²) in [4.78, 5) is 0. The van der Waals surface area contributed by atoms with E-state index in [4.69, 9.17) is 18.9 Å². The van der Waals surface area contributed by atoms with Crippen LogP contribution in [0.5, 0.6) is 5.75 Å². The smallest absolute Gasteiger partial charge is 0.159 e. The quantitative estimate of drug-likeness (QED) is 0.735. The molecule has 1 fully saturated rings. The molecule has 1 aliphatic heterocycles. The highest BCUT2D eigenvalue weighted by atomic mass is 16.7. The van der Waals surface area contributed by atoms with Crippen LogP contribution in [0.25, 0.3) is 0 Å². The van der Waals surface area contributed by atoms with E-state index in [0.29, 0.717) is 26.4 Å². The molecule has 1 atom stereocenters. The van der Waals surface area contributed by atoms with Crippen molar-refractivity contribution in [2.24, 2.45) is 0 Å². The second-order valence-electron chi connectivity index (χ2n) is 4.63. The molecule has 1 aromatic rings. The largest absolute Gasteiger partial charge is 0.491 e. The lowest BCUT2D eigenvalue weighted by atomic mass is 10.0. The Hall–Kier alpha value is -1.14. The molecule has 20 heavy (non-hydrogen) atoms. The molecule has 0 spiro atoms. The third kappa shape index (κ3) is 4.18. The van der Waals surface area contributed by atoms with Crippen molar-refractivity contribution in [3.63, 3.8) is 0 Å². The van der Waals surface area contributed by atoms with Crippen molar-refractivity contribution < 1.29 is 18.9 Å². The van der Waals surface area contributed by atoms with Crippen molar-refractivity contribution >= 4 is 0 Å². The topological polar surface area (TPSA) is 49.0 Å². The summed E-state index contributed by atoms with van der Waals surface area (Å²) in [5, 5.41) is 3.30. The highest BCUT2D eigenvalue weighted by Gasteiger charge is 2.23. The number of nitrogens with one attached hydrogen (secondary N) is 1. The SMILES string of the molecule is CNC(CC1OCCO1)c1ccccc1OCCOC. The summed E-state index contributed by atoms with van der Waals surface area (Å²) in [7, 11) is 3.60. The van der Waals surface area contributed by atoms with Gasteiger partial charge in [-0.2, -0.15) is 0 Å². The van der Waals surface area contributed by atoms with Gasteiger partial charge in [0.2, 0.25) is 0 Å². The van der Waals surface area contributed by atoms with Crippen LogP contribution in [-0.4, -0.2) is 46.9 Å². The molecular weight excluding hydrogens is 258 g/mol. The lowest BCUT2D eigenvalue weighted by molar-refractivity contribution is -0.0527. The van der Waals surface area contributed by atoms with Gasteiger partial charge in [0, 0.05) is 25.1 Å². The van der Waals surface area contributed by atoms with Crippen molar-refractivity contribution in [1.29, 1.82) is 0 Å². The third-order valence-electron chi connectivity index (χ3n) is 3.31. The van der Waals surface area contributed by atoms with Gasteiger partial charge < -0.3 is 24.3 Å². The van der Waals surface area contributed by atoms with E-state index in [1.54, 1.807) is 7.11 Å². The summed E-state index contributed by atoms with van der Waals surface area (Å²) in [6.45, 7) is 2.47. The highest BCUT2D eigenvalue weighted by molar-refractivity contribution is 5.36. The van der Waals surface area contributed by atoms with Crippen LogP contribution in [-0.2, 0) is 14.2 Å². The Morgan fingerprint density at radius 1 is 1.25 bits per heavy atom. The number of ether oxygens (including phenoxy) is 4.